The number of rotatable bonds is 8. The van der Waals surface area contributed by atoms with Gasteiger partial charge >= 0.3 is 0 Å². The molecule has 3 saturated heterocycles. The number of aldehydes is 1. The number of carbonyl (C=O) groups is 4. The maximum Gasteiger partial charge on any atom is 0.242 e. The van der Waals surface area contributed by atoms with E-state index in [0.29, 0.717) is 23.1 Å². The normalized spacial score (nSPS) is 30.2. The number of amides is 1. The standard InChI is InChI=1S/C39H41N5O13/c40-39-42-36-28(37(53)43-39)41-16-44(36)25-4-2-1-3-20(25)19-8-10-54-15-26-31(50)32(51)33(52)38(56-26)57-34-23(19)12-24-27(35(34)55-14-18(47)7-9-45)30(49)22-11-17(13-46)5-6-21(22)29(24)48/h1-6,8-12,18-19,26,28,31-33,36,38-39,41-42,46-47,50-52H,7,13-16,40H2,(H,43,53)/b10-8+/t18-,19+,26+,28+,31+,32-,33+,36+,38-,39+/m1/s1. The molecule has 2 bridgehead atoms. The summed E-state index contributed by atoms with van der Waals surface area (Å²) in [6, 6.07) is 12.3. The number of para-hydroxylation sites is 1. The Morgan fingerprint density at radius 1 is 0.982 bits per heavy atom. The lowest BCUT2D eigenvalue weighted by Crippen LogP contribution is -2.70. The molecule has 0 spiro atoms. The number of hydrogen-bond acceptors (Lipinski definition) is 17. The number of hydrogen-bond donors (Lipinski definition) is 9. The van der Waals surface area contributed by atoms with Crippen molar-refractivity contribution in [3.05, 3.63) is 99.8 Å². The van der Waals surface area contributed by atoms with E-state index >= 15 is 0 Å². The van der Waals surface area contributed by atoms with E-state index in [2.05, 4.69) is 16.0 Å². The summed E-state index contributed by atoms with van der Waals surface area (Å²) in [4.78, 5) is 55.1. The fourth-order valence-electron chi connectivity index (χ4n) is 7.92. The summed E-state index contributed by atoms with van der Waals surface area (Å²) in [5.74, 6) is -3.06. The van der Waals surface area contributed by atoms with E-state index in [1.54, 1.807) is 24.3 Å². The van der Waals surface area contributed by atoms with Crippen molar-refractivity contribution in [1.29, 1.82) is 0 Å². The molecule has 18 heteroatoms. The first-order chi connectivity index (χ1) is 27.5. The summed E-state index contributed by atoms with van der Waals surface area (Å²) in [6.07, 6.45) is -7.79. The third kappa shape index (κ3) is 6.83. The molecule has 8 rings (SSSR count). The first-order valence-electron chi connectivity index (χ1n) is 18.3. The summed E-state index contributed by atoms with van der Waals surface area (Å²) >= 11 is 0. The summed E-state index contributed by atoms with van der Waals surface area (Å²) in [7, 11) is 0. The minimum Gasteiger partial charge on any atom is -0.499 e. The van der Waals surface area contributed by atoms with Crippen molar-refractivity contribution < 1.29 is 63.7 Å². The second-order valence-corrected chi connectivity index (χ2v) is 14.3. The molecule has 3 fully saturated rings. The van der Waals surface area contributed by atoms with Crippen LogP contribution in [-0.4, -0.2) is 124 Å². The number of ether oxygens (including phenoxy) is 4. The van der Waals surface area contributed by atoms with Gasteiger partial charge in [-0.1, -0.05) is 24.3 Å². The Kier molecular flexibility index (Phi) is 10.5. The van der Waals surface area contributed by atoms with Gasteiger partial charge in [-0.2, -0.15) is 0 Å². The van der Waals surface area contributed by atoms with Crippen LogP contribution in [0.2, 0.25) is 0 Å². The quantitative estimate of drug-likeness (QED) is 0.0889. The highest BCUT2D eigenvalue weighted by molar-refractivity contribution is 6.29. The summed E-state index contributed by atoms with van der Waals surface area (Å²) in [5, 5.41) is 62.5. The molecule has 300 valence electrons. The molecule has 5 aliphatic rings. The zero-order valence-corrected chi connectivity index (χ0v) is 30.2. The van der Waals surface area contributed by atoms with Crippen LogP contribution >= 0.6 is 0 Å². The molecule has 3 aromatic rings. The Morgan fingerprint density at radius 3 is 2.58 bits per heavy atom. The molecule has 4 aliphatic heterocycles. The van der Waals surface area contributed by atoms with E-state index in [4.69, 9.17) is 24.7 Å². The molecule has 4 heterocycles. The van der Waals surface area contributed by atoms with Gasteiger partial charge in [-0.3, -0.25) is 30.8 Å². The number of aliphatic hydroxyl groups is 5. The summed E-state index contributed by atoms with van der Waals surface area (Å²) < 4.78 is 24.4. The van der Waals surface area contributed by atoms with Crippen LogP contribution in [0.25, 0.3) is 0 Å². The maximum atomic E-state index is 14.5. The Labute approximate surface area is 324 Å². The fraction of sp³-hybridized carbons (Fsp3) is 0.385. The van der Waals surface area contributed by atoms with Crippen molar-refractivity contribution in [2.24, 2.45) is 5.73 Å². The second kappa shape index (κ2) is 15.6. The Hall–Kier alpha value is -5.28. The monoisotopic (exact) mass is 787 g/mol. The zero-order chi connectivity index (χ0) is 40.1. The second-order valence-electron chi connectivity index (χ2n) is 14.3. The molecular weight excluding hydrogens is 746 g/mol. The number of nitrogens with two attached hydrogens (primary N) is 1. The Bertz CT molecular complexity index is 2130. The van der Waals surface area contributed by atoms with Crippen LogP contribution in [0.15, 0.2) is 60.9 Å². The molecule has 10 N–H and O–H groups in total. The van der Waals surface area contributed by atoms with E-state index in [-0.39, 0.29) is 64.9 Å². The number of nitrogens with one attached hydrogen (secondary N) is 3. The van der Waals surface area contributed by atoms with Crippen LogP contribution in [0, 0.1) is 0 Å². The van der Waals surface area contributed by atoms with Gasteiger partial charge in [0.05, 0.1) is 31.2 Å². The SMILES string of the molecule is N[C@@H]1NC(=O)[C@H]2NCN(c3ccccc3[C@@H]3/C=C/OC[C@@H]4O[C@H](Oc5c3cc3c(c5OC[C@H](O)CC=O)C(=O)c5cc(CO)ccc5C3=O)[C@@H](O)[C@H](O)[C@H]4O)[C@@H]2N1. The fourth-order valence-corrected chi connectivity index (χ4v) is 7.92. The van der Waals surface area contributed by atoms with Crippen LogP contribution < -0.4 is 36.1 Å². The van der Waals surface area contributed by atoms with E-state index in [0.717, 1.165) is 0 Å². The van der Waals surface area contributed by atoms with Crippen LogP contribution in [0.1, 0.15) is 60.9 Å². The van der Waals surface area contributed by atoms with E-state index < -0.39 is 86.0 Å². The highest BCUT2D eigenvalue weighted by Gasteiger charge is 2.48. The number of fused-ring (bicyclic) bond motifs is 6. The van der Waals surface area contributed by atoms with Crippen LogP contribution in [0.5, 0.6) is 11.5 Å². The first-order valence-corrected chi connectivity index (χ1v) is 18.3. The topological polar surface area (TPSA) is 272 Å². The van der Waals surface area contributed by atoms with Gasteiger partial charge in [-0.15, -0.1) is 0 Å². The van der Waals surface area contributed by atoms with Crippen LogP contribution in [0.4, 0.5) is 5.69 Å². The van der Waals surface area contributed by atoms with E-state index in [9.17, 15) is 44.7 Å². The number of nitrogens with zero attached hydrogens (tertiary/aromatic N) is 1. The average Bonchev–Trinajstić information content (AvgIpc) is 3.62. The maximum absolute atomic E-state index is 14.5. The van der Waals surface area contributed by atoms with Gasteiger partial charge in [0.25, 0.3) is 0 Å². The predicted molar refractivity (Wildman–Crippen MR) is 196 cm³/mol. The van der Waals surface area contributed by atoms with Crippen molar-refractivity contribution in [1.82, 2.24) is 16.0 Å². The number of anilines is 1. The molecular formula is C39H41N5O13. The van der Waals surface area contributed by atoms with Crippen molar-refractivity contribution >= 4 is 29.4 Å². The predicted octanol–water partition coefficient (Wildman–Crippen LogP) is -1.83. The van der Waals surface area contributed by atoms with E-state index in [1.807, 2.05) is 11.0 Å². The molecule has 0 radical (unpaired) electrons. The Balaban J connectivity index is 1.37. The van der Waals surface area contributed by atoms with Gasteiger partial charge in [-0.25, -0.2) is 0 Å². The molecule has 0 unspecified atom stereocenters. The zero-order valence-electron chi connectivity index (χ0n) is 30.2. The van der Waals surface area contributed by atoms with Crippen molar-refractivity contribution in [2.45, 2.75) is 74.3 Å². The first kappa shape index (κ1) is 38.6. The summed E-state index contributed by atoms with van der Waals surface area (Å²) in [5.41, 5.74) is 7.50. The third-order valence-corrected chi connectivity index (χ3v) is 10.8. The van der Waals surface area contributed by atoms with Crippen LogP contribution in [-0.2, 0) is 25.7 Å². The molecule has 57 heavy (non-hydrogen) atoms. The minimum atomic E-state index is -1.85. The van der Waals surface area contributed by atoms with Crippen molar-refractivity contribution in [2.75, 3.05) is 24.8 Å². The largest absolute Gasteiger partial charge is 0.499 e. The highest BCUT2D eigenvalue weighted by atomic mass is 16.7. The number of ketones is 2. The lowest BCUT2D eigenvalue weighted by Gasteiger charge is -2.40. The van der Waals surface area contributed by atoms with Gasteiger partial charge in [-0.05, 0) is 41.5 Å². The minimum absolute atomic E-state index is 0.0324. The number of benzene rings is 3. The molecule has 1 amide bonds. The van der Waals surface area contributed by atoms with E-state index in [1.165, 1.54) is 30.5 Å². The summed E-state index contributed by atoms with van der Waals surface area (Å²) in [6.45, 7) is -1.05. The number of carbonyl (C=O) groups excluding carboxylic acids is 4. The Morgan fingerprint density at radius 2 is 1.79 bits per heavy atom. The lowest BCUT2D eigenvalue weighted by atomic mass is 9.79. The van der Waals surface area contributed by atoms with Gasteiger partial charge in [0.2, 0.25) is 12.2 Å². The average molecular weight is 788 g/mol. The van der Waals surface area contributed by atoms with Crippen molar-refractivity contribution in [3.63, 3.8) is 0 Å². The van der Waals surface area contributed by atoms with Gasteiger partial charge in [0.15, 0.2) is 23.1 Å². The molecule has 10 atom stereocenters. The smallest absolute Gasteiger partial charge is 0.242 e. The third-order valence-electron chi connectivity index (χ3n) is 10.8. The molecule has 1 aliphatic carbocycles. The highest BCUT2D eigenvalue weighted by Crippen LogP contribution is 2.49. The molecule has 18 nitrogen and oxygen atoms in total. The molecule has 0 aromatic heterocycles. The van der Waals surface area contributed by atoms with Crippen LogP contribution in [0.3, 0.4) is 0 Å². The molecule has 3 aromatic carbocycles. The molecule has 0 saturated carbocycles. The lowest BCUT2D eigenvalue weighted by molar-refractivity contribution is -0.277. The number of aliphatic hydroxyl groups excluding tert-OH is 5. The van der Waals surface area contributed by atoms with Crippen molar-refractivity contribution in [3.8, 4) is 11.5 Å². The van der Waals surface area contributed by atoms with Gasteiger partial charge in [0, 0.05) is 40.3 Å². The van der Waals surface area contributed by atoms with Gasteiger partial charge in [0.1, 0.15) is 62.4 Å². The number of allylic oxidation sites excluding steroid dienone is 1. The van der Waals surface area contributed by atoms with Gasteiger partial charge < -0.3 is 59.5 Å².